The molecule has 4 heteroatoms. The van der Waals surface area contributed by atoms with Gasteiger partial charge in [0.1, 0.15) is 6.04 Å². The minimum absolute atomic E-state index is 0.484. The Morgan fingerprint density at radius 3 is 3.00 bits per heavy atom. The summed E-state index contributed by atoms with van der Waals surface area (Å²) in [6, 6.07) is 1.61. The Hall–Kier alpha value is -0.870. The molecule has 3 nitrogen and oxygen atoms in total. The number of carbonyl (C=O) groups is 1. The number of aliphatic carboxylic acids is 1. The predicted molar refractivity (Wildman–Crippen MR) is 57.6 cm³/mol. The van der Waals surface area contributed by atoms with Gasteiger partial charge >= 0.3 is 5.97 Å². The number of carboxylic acids is 1. The Balaban J connectivity index is 2.49. The summed E-state index contributed by atoms with van der Waals surface area (Å²) in [5, 5.41) is 13.7. The van der Waals surface area contributed by atoms with Gasteiger partial charge in [-0.15, -0.1) is 11.3 Å². The molecule has 1 heterocycles. The zero-order valence-corrected chi connectivity index (χ0v) is 9.23. The summed E-state index contributed by atoms with van der Waals surface area (Å²) < 4.78 is 0. The minimum Gasteiger partial charge on any atom is -0.480 e. The van der Waals surface area contributed by atoms with Crippen LogP contribution < -0.4 is 5.32 Å². The van der Waals surface area contributed by atoms with Gasteiger partial charge < -0.3 is 5.11 Å². The van der Waals surface area contributed by atoms with Gasteiger partial charge in [0.2, 0.25) is 0 Å². The summed E-state index contributed by atoms with van der Waals surface area (Å²) in [5.41, 5.74) is 1.31. The molecule has 0 aromatic carbocycles. The maximum Gasteiger partial charge on any atom is 0.320 e. The number of hydrogen-bond acceptors (Lipinski definition) is 3. The van der Waals surface area contributed by atoms with Gasteiger partial charge in [-0.25, -0.2) is 0 Å². The van der Waals surface area contributed by atoms with Crippen molar-refractivity contribution in [2.24, 2.45) is 0 Å². The fourth-order valence-corrected chi connectivity index (χ4v) is 2.10. The maximum atomic E-state index is 10.6. The molecule has 0 aliphatic heterocycles. The standard InChI is InChI=1S/C10H15NO2S/c1-3-8-4-5-14-9(8)6-11-7(2)10(12)13/h4-5,7,11H,3,6H2,1-2H3,(H,12,13). The molecule has 1 rings (SSSR count). The summed E-state index contributed by atoms with van der Waals surface area (Å²) in [6.07, 6.45) is 1.00. The summed E-state index contributed by atoms with van der Waals surface area (Å²) in [7, 11) is 0. The van der Waals surface area contributed by atoms with E-state index < -0.39 is 12.0 Å². The lowest BCUT2D eigenvalue weighted by Crippen LogP contribution is -2.33. The van der Waals surface area contributed by atoms with Crippen LogP contribution >= 0.6 is 11.3 Å². The molecule has 0 spiro atoms. The van der Waals surface area contributed by atoms with Crippen molar-refractivity contribution >= 4 is 17.3 Å². The van der Waals surface area contributed by atoms with E-state index in [4.69, 9.17) is 5.11 Å². The highest BCUT2D eigenvalue weighted by molar-refractivity contribution is 7.10. The summed E-state index contributed by atoms with van der Waals surface area (Å²) in [5.74, 6) is -0.806. The van der Waals surface area contributed by atoms with E-state index in [0.29, 0.717) is 6.54 Å². The van der Waals surface area contributed by atoms with Crippen LogP contribution in [0.3, 0.4) is 0 Å². The molecule has 0 saturated heterocycles. The zero-order chi connectivity index (χ0) is 10.6. The van der Waals surface area contributed by atoms with Gasteiger partial charge in [-0.05, 0) is 30.4 Å². The normalized spacial score (nSPS) is 12.7. The number of thiophene rings is 1. The Morgan fingerprint density at radius 1 is 1.71 bits per heavy atom. The maximum absolute atomic E-state index is 10.6. The second-order valence-electron chi connectivity index (χ2n) is 3.16. The van der Waals surface area contributed by atoms with Crippen molar-refractivity contribution in [2.45, 2.75) is 32.9 Å². The van der Waals surface area contributed by atoms with Gasteiger partial charge in [0.15, 0.2) is 0 Å². The molecule has 0 fully saturated rings. The van der Waals surface area contributed by atoms with E-state index in [1.807, 2.05) is 5.38 Å². The van der Waals surface area contributed by atoms with Crippen LogP contribution in [-0.2, 0) is 17.8 Å². The van der Waals surface area contributed by atoms with Crippen molar-refractivity contribution in [3.8, 4) is 0 Å². The highest BCUT2D eigenvalue weighted by atomic mass is 32.1. The molecule has 1 aromatic heterocycles. The number of rotatable bonds is 5. The molecule has 0 amide bonds. The predicted octanol–water partition coefficient (Wildman–Crippen LogP) is 1.87. The van der Waals surface area contributed by atoms with Crippen LogP contribution in [0.4, 0.5) is 0 Å². The fourth-order valence-electron chi connectivity index (χ4n) is 1.17. The SMILES string of the molecule is CCc1ccsc1CNC(C)C(=O)O. The molecule has 0 aliphatic carbocycles. The lowest BCUT2D eigenvalue weighted by Gasteiger charge is -2.08. The summed E-state index contributed by atoms with van der Waals surface area (Å²) >= 11 is 1.67. The molecule has 1 aromatic rings. The van der Waals surface area contributed by atoms with Gasteiger partial charge in [0.05, 0.1) is 0 Å². The minimum atomic E-state index is -0.806. The van der Waals surface area contributed by atoms with Gasteiger partial charge in [-0.1, -0.05) is 6.92 Å². The van der Waals surface area contributed by atoms with E-state index in [1.165, 1.54) is 10.4 Å². The van der Waals surface area contributed by atoms with Crippen molar-refractivity contribution in [3.05, 3.63) is 21.9 Å². The van der Waals surface area contributed by atoms with E-state index in [2.05, 4.69) is 18.3 Å². The largest absolute Gasteiger partial charge is 0.480 e. The fraction of sp³-hybridized carbons (Fsp3) is 0.500. The quantitative estimate of drug-likeness (QED) is 0.785. The molecule has 0 bridgehead atoms. The number of hydrogen-bond donors (Lipinski definition) is 2. The third-order valence-corrected chi connectivity index (χ3v) is 3.12. The van der Waals surface area contributed by atoms with Crippen LogP contribution in [0.5, 0.6) is 0 Å². The smallest absolute Gasteiger partial charge is 0.320 e. The first kappa shape index (κ1) is 11.2. The van der Waals surface area contributed by atoms with E-state index in [1.54, 1.807) is 18.3 Å². The first-order chi connectivity index (χ1) is 6.65. The van der Waals surface area contributed by atoms with Crippen LogP contribution in [0.15, 0.2) is 11.4 Å². The van der Waals surface area contributed by atoms with Crippen molar-refractivity contribution in [1.82, 2.24) is 5.32 Å². The van der Waals surface area contributed by atoms with E-state index >= 15 is 0 Å². The Labute approximate surface area is 87.8 Å². The number of carboxylic acid groups (broad SMARTS) is 1. The average Bonchev–Trinajstić information content (AvgIpc) is 2.60. The topological polar surface area (TPSA) is 49.3 Å². The molecule has 14 heavy (non-hydrogen) atoms. The molecular weight excluding hydrogens is 198 g/mol. The Bertz CT molecular complexity index is 309. The number of nitrogens with one attached hydrogen (secondary N) is 1. The van der Waals surface area contributed by atoms with E-state index in [-0.39, 0.29) is 0 Å². The highest BCUT2D eigenvalue weighted by Crippen LogP contribution is 2.16. The van der Waals surface area contributed by atoms with E-state index in [9.17, 15) is 4.79 Å². The first-order valence-electron chi connectivity index (χ1n) is 4.66. The van der Waals surface area contributed by atoms with Gasteiger partial charge in [0, 0.05) is 11.4 Å². The van der Waals surface area contributed by atoms with Crippen LogP contribution in [0.25, 0.3) is 0 Å². The lowest BCUT2D eigenvalue weighted by molar-refractivity contribution is -0.139. The third-order valence-electron chi connectivity index (χ3n) is 2.16. The van der Waals surface area contributed by atoms with Gasteiger partial charge in [0.25, 0.3) is 0 Å². The van der Waals surface area contributed by atoms with Crippen LogP contribution in [0, 0.1) is 0 Å². The molecule has 0 aliphatic rings. The second-order valence-corrected chi connectivity index (χ2v) is 4.16. The van der Waals surface area contributed by atoms with Crippen molar-refractivity contribution in [2.75, 3.05) is 0 Å². The highest BCUT2D eigenvalue weighted by Gasteiger charge is 2.10. The Morgan fingerprint density at radius 2 is 2.43 bits per heavy atom. The molecule has 1 unspecified atom stereocenters. The monoisotopic (exact) mass is 213 g/mol. The average molecular weight is 213 g/mol. The van der Waals surface area contributed by atoms with Gasteiger partial charge in [-0.2, -0.15) is 0 Å². The van der Waals surface area contributed by atoms with Crippen LogP contribution in [-0.4, -0.2) is 17.1 Å². The molecule has 0 saturated carbocycles. The van der Waals surface area contributed by atoms with Crippen molar-refractivity contribution < 1.29 is 9.90 Å². The zero-order valence-electron chi connectivity index (χ0n) is 8.41. The van der Waals surface area contributed by atoms with Gasteiger partial charge in [-0.3, -0.25) is 10.1 Å². The second kappa shape index (κ2) is 5.12. The summed E-state index contributed by atoms with van der Waals surface area (Å²) in [4.78, 5) is 11.8. The third kappa shape index (κ3) is 2.82. The van der Waals surface area contributed by atoms with Crippen LogP contribution in [0.2, 0.25) is 0 Å². The summed E-state index contributed by atoms with van der Waals surface area (Å²) in [6.45, 7) is 4.40. The molecule has 1 atom stereocenters. The number of aryl methyl sites for hydroxylation is 1. The van der Waals surface area contributed by atoms with E-state index in [0.717, 1.165) is 6.42 Å². The molecule has 0 radical (unpaired) electrons. The van der Waals surface area contributed by atoms with Crippen molar-refractivity contribution in [3.63, 3.8) is 0 Å². The molecular formula is C10H15NO2S. The molecule has 2 N–H and O–H groups in total. The Kier molecular flexibility index (Phi) is 4.10. The first-order valence-corrected chi connectivity index (χ1v) is 5.54. The lowest BCUT2D eigenvalue weighted by atomic mass is 10.2. The van der Waals surface area contributed by atoms with Crippen LogP contribution in [0.1, 0.15) is 24.3 Å². The van der Waals surface area contributed by atoms with Crippen molar-refractivity contribution in [1.29, 1.82) is 0 Å². The molecule has 78 valence electrons.